The number of nitrogens with zero attached hydrogens (tertiary/aromatic N) is 2. The Morgan fingerprint density at radius 1 is 1.59 bits per heavy atom. The van der Waals surface area contributed by atoms with Crippen LogP contribution in [0.1, 0.15) is 19.4 Å². The van der Waals surface area contributed by atoms with Crippen molar-refractivity contribution in [3.05, 3.63) is 30.1 Å². The third-order valence-electron chi connectivity index (χ3n) is 2.94. The van der Waals surface area contributed by atoms with Crippen molar-refractivity contribution in [3.63, 3.8) is 0 Å². The summed E-state index contributed by atoms with van der Waals surface area (Å²) in [6.07, 6.45) is 3.85. The highest BCUT2D eigenvalue weighted by Crippen LogP contribution is 2.21. The van der Waals surface area contributed by atoms with Gasteiger partial charge in [-0.3, -0.25) is 9.88 Å². The molecule has 1 aromatic heterocycles. The standard InChI is InChI=1S/C13H21N3O/c1-13(2)10-16(9-12(6-14)17-13)8-11-4-3-5-15-7-11/h3-5,7,12H,6,8-10,14H2,1-2H3. The molecule has 2 heterocycles. The third kappa shape index (κ3) is 3.49. The summed E-state index contributed by atoms with van der Waals surface area (Å²) in [6, 6.07) is 4.08. The van der Waals surface area contributed by atoms with E-state index in [0.29, 0.717) is 6.54 Å². The topological polar surface area (TPSA) is 51.4 Å². The van der Waals surface area contributed by atoms with Gasteiger partial charge in [-0.25, -0.2) is 0 Å². The van der Waals surface area contributed by atoms with Gasteiger partial charge in [0.2, 0.25) is 0 Å². The van der Waals surface area contributed by atoms with Crippen molar-refractivity contribution in [2.24, 2.45) is 5.73 Å². The van der Waals surface area contributed by atoms with Crippen molar-refractivity contribution in [3.8, 4) is 0 Å². The number of rotatable bonds is 3. The largest absolute Gasteiger partial charge is 0.368 e. The van der Waals surface area contributed by atoms with Gasteiger partial charge in [-0.1, -0.05) is 6.07 Å². The average molecular weight is 235 g/mol. The van der Waals surface area contributed by atoms with Crippen molar-refractivity contribution in [1.29, 1.82) is 0 Å². The maximum atomic E-state index is 5.91. The average Bonchev–Trinajstić information content (AvgIpc) is 2.28. The van der Waals surface area contributed by atoms with Gasteiger partial charge in [-0.05, 0) is 25.5 Å². The number of morpholine rings is 1. The number of aromatic nitrogens is 1. The van der Waals surface area contributed by atoms with Gasteiger partial charge in [0.15, 0.2) is 0 Å². The number of hydrogen-bond acceptors (Lipinski definition) is 4. The Hall–Kier alpha value is -0.970. The summed E-state index contributed by atoms with van der Waals surface area (Å²) in [5.74, 6) is 0. The minimum atomic E-state index is -0.121. The Morgan fingerprint density at radius 3 is 3.06 bits per heavy atom. The molecule has 1 atom stereocenters. The first kappa shape index (κ1) is 12.5. The normalized spacial score (nSPS) is 24.8. The van der Waals surface area contributed by atoms with Crippen LogP contribution < -0.4 is 5.73 Å². The molecule has 1 saturated heterocycles. The Labute approximate surface area is 103 Å². The molecular weight excluding hydrogens is 214 g/mol. The van der Waals surface area contributed by atoms with Crippen LogP contribution in [0.5, 0.6) is 0 Å². The summed E-state index contributed by atoms with van der Waals surface area (Å²) in [5.41, 5.74) is 6.83. The molecule has 1 aromatic rings. The fraction of sp³-hybridized carbons (Fsp3) is 0.615. The Morgan fingerprint density at radius 2 is 2.41 bits per heavy atom. The Balaban J connectivity index is 2.01. The molecule has 0 bridgehead atoms. The van der Waals surface area contributed by atoms with Crippen LogP contribution in [0.25, 0.3) is 0 Å². The van der Waals surface area contributed by atoms with Crippen LogP contribution in [0.2, 0.25) is 0 Å². The number of hydrogen-bond donors (Lipinski definition) is 1. The molecule has 0 amide bonds. The van der Waals surface area contributed by atoms with Crippen molar-refractivity contribution in [2.45, 2.75) is 32.1 Å². The van der Waals surface area contributed by atoms with E-state index in [0.717, 1.165) is 19.6 Å². The van der Waals surface area contributed by atoms with Gasteiger partial charge in [-0.2, -0.15) is 0 Å². The van der Waals surface area contributed by atoms with E-state index in [9.17, 15) is 0 Å². The van der Waals surface area contributed by atoms with E-state index in [1.165, 1.54) is 5.56 Å². The van der Waals surface area contributed by atoms with Crippen LogP contribution in [0.15, 0.2) is 24.5 Å². The minimum absolute atomic E-state index is 0.121. The molecule has 0 aliphatic carbocycles. The van der Waals surface area contributed by atoms with Gasteiger partial charge < -0.3 is 10.5 Å². The van der Waals surface area contributed by atoms with Gasteiger partial charge in [-0.15, -0.1) is 0 Å². The highest BCUT2D eigenvalue weighted by Gasteiger charge is 2.32. The zero-order valence-corrected chi connectivity index (χ0v) is 10.6. The first-order valence-corrected chi connectivity index (χ1v) is 6.08. The van der Waals surface area contributed by atoms with E-state index in [4.69, 9.17) is 10.5 Å². The zero-order chi connectivity index (χ0) is 12.3. The first-order valence-electron chi connectivity index (χ1n) is 6.08. The van der Waals surface area contributed by atoms with E-state index in [1.54, 1.807) is 6.20 Å². The van der Waals surface area contributed by atoms with Crippen LogP contribution in [0.3, 0.4) is 0 Å². The zero-order valence-electron chi connectivity index (χ0n) is 10.6. The maximum absolute atomic E-state index is 5.91. The van der Waals surface area contributed by atoms with Crippen LogP contribution in [-0.4, -0.2) is 41.2 Å². The molecule has 0 saturated carbocycles. The SMILES string of the molecule is CC1(C)CN(Cc2cccnc2)CC(CN)O1. The molecule has 1 aliphatic rings. The molecule has 17 heavy (non-hydrogen) atoms. The molecular formula is C13H21N3O. The quantitative estimate of drug-likeness (QED) is 0.850. The number of nitrogens with two attached hydrogens (primary N) is 1. The van der Waals surface area contributed by atoms with E-state index in [-0.39, 0.29) is 11.7 Å². The lowest BCUT2D eigenvalue weighted by atomic mass is 10.0. The molecule has 0 radical (unpaired) electrons. The lowest BCUT2D eigenvalue weighted by Crippen LogP contribution is -2.54. The predicted molar refractivity (Wildman–Crippen MR) is 67.5 cm³/mol. The molecule has 94 valence electrons. The Bertz CT molecular complexity index is 353. The highest BCUT2D eigenvalue weighted by molar-refractivity contribution is 5.08. The molecule has 4 nitrogen and oxygen atoms in total. The lowest BCUT2D eigenvalue weighted by Gasteiger charge is -2.42. The summed E-state index contributed by atoms with van der Waals surface area (Å²) in [4.78, 5) is 6.53. The third-order valence-corrected chi connectivity index (χ3v) is 2.94. The monoisotopic (exact) mass is 235 g/mol. The van der Waals surface area contributed by atoms with Crippen LogP contribution in [-0.2, 0) is 11.3 Å². The smallest absolute Gasteiger partial charge is 0.0831 e. The Kier molecular flexibility index (Phi) is 3.76. The van der Waals surface area contributed by atoms with Crippen molar-refractivity contribution in [1.82, 2.24) is 9.88 Å². The van der Waals surface area contributed by atoms with Gasteiger partial charge in [0.25, 0.3) is 0 Å². The van der Waals surface area contributed by atoms with E-state index in [1.807, 2.05) is 12.3 Å². The van der Waals surface area contributed by atoms with Crippen LogP contribution >= 0.6 is 0 Å². The van der Waals surface area contributed by atoms with Gasteiger partial charge >= 0.3 is 0 Å². The van der Waals surface area contributed by atoms with Gasteiger partial charge in [0.1, 0.15) is 0 Å². The number of ether oxygens (including phenoxy) is 1. The number of pyridine rings is 1. The minimum Gasteiger partial charge on any atom is -0.368 e. The molecule has 1 aliphatic heterocycles. The summed E-state index contributed by atoms with van der Waals surface area (Å²) >= 11 is 0. The maximum Gasteiger partial charge on any atom is 0.0831 e. The van der Waals surface area contributed by atoms with Crippen molar-refractivity contribution in [2.75, 3.05) is 19.6 Å². The molecule has 1 unspecified atom stereocenters. The highest BCUT2D eigenvalue weighted by atomic mass is 16.5. The summed E-state index contributed by atoms with van der Waals surface area (Å²) in [7, 11) is 0. The summed E-state index contributed by atoms with van der Waals surface area (Å²) < 4.78 is 5.91. The second-order valence-electron chi connectivity index (χ2n) is 5.27. The van der Waals surface area contributed by atoms with E-state index < -0.39 is 0 Å². The van der Waals surface area contributed by atoms with E-state index >= 15 is 0 Å². The van der Waals surface area contributed by atoms with E-state index in [2.05, 4.69) is 29.8 Å². The summed E-state index contributed by atoms with van der Waals surface area (Å²) in [5, 5.41) is 0. The molecule has 1 fully saturated rings. The second kappa shape index (κ2) is 5.12. The fourth-order valence-electron chi connectivity index (χ4n) is 2.41. The summed E-state index contributed by atoms with van der Waals surface area (Å²) in [6.45, 7) is 7.55. The molecule has 4 heteroatoms. The van der Waals surface area contributed by atoms with Gasteiger partial charge in [0.05, 0.1) is 11.7 Å². The molecule has 0 aromatic carbocycles. The van der Waals surface area contributed by atoms with Crippen molar-refractivity contribution < 1.29 is 4.74 Å². The lowest BCUT2D eigenvalue weighted by molar-refractivity contribution is -0.133. The molecule has 2 N–H and O–H groups in total. The molecule has 0 spiro atoms. The van der Waals surface area contributed by atoms with Gasteiger partial charge in [0, 0.05) is 38.6 Å². The van der Waals surface area contributed by atoms with Crippen molar-refractivity contribution >= 4 is 0 Å². The molecule has 2 rings (SSSR count). The second-order valence-corrected chi connectivity index (χ2v) is 5.27. The van der Waals surface area contributed by atoms with Crippen LogP contribution in [0, 0.1) is 0 Å². The van der Waals surface area contributed by atoms with Crippen LogP contribution in [0.4, 0.5) is 0 Å². The predicted octanol–water partition coefficient (Wildman–Crippen LogP) is 1.02. The fourth-order valence-corrected chi connectivity index (χ4v) is 2.41. The first-order chi connectivity index (χ1) is 8.09.